The van der Waals surface area contributed by atoms with Gasteiger partial charge in [-0.2, -0.15) is 0 Å². The molecule has 144 valence electrons. The lowest BCUT2D eigenvalue weighted by atomic mass is 10.00. The number of rotatable bonds is 5. The maximum atomic E-state index is 12.9. The van der Waals surface area contributed by atoms with Crippen molar-refractivity contribution in [3.63, 3.8) is 0 Å². The van der Waals surface area contributed by atoms with Crippen LogP contribution in [0.3, 0.4) is 0 Å². The number of amides is 2. The molecule has 3 rings (SSSR count). The van der Waals surface area contributed by atoms with Crippen LogP contribution in [-0.4, -0.2) is 23.3 Å². The third-order valence-electron chi connectivity index (χ3n) is 5.17. The highest BCUT2D eigenvalue weighted by Crippen LogP contribution is 2.29. The second-order valence-corrected chi connectivity index (χ2v) is 8.25. The van der Waals surface area contributed by atoms with Gasteiger partial charge in [0.25, 0.3) is 5.91 Å². The van der Waals surface area contributed by atoms with Gasteiger partial charge in [-0.25, -0.2) is 0 Å². The molecule has 0 spiro atoms. The molecule has 1 N–H and O–H groups in total. The smallest absolute Gasteiger partial charge is 0.265 e. The van der Waals surface area contributed by atoms with Crippen LogP contribution in [0.1, 0.15) is 65.2 Å². The van der Waals surface area contributed by atoms with Crippen LogP contribution in [-0.2, 0) is 24.2 Å². The Labute approximate surface area is 165 Å². The SMILES string of the molecule is CCN(Cc1ccccc1NC(=O)c1cc2c(s1)CCCCCC2)C(C)=O. The molecule has 0 unspecified atom stereocenters. The first-order valence-electron chi connectivity index (χ1n) is 9.85. The third kappa shape index (κ3) is 4.98. The Balaban J connectivity index is 1.76. The Morgan fingerprint density at radius 1 is 1.11 bits per heavy atom. The Bertz CT molecular complexity index is 787. The summed E-state index contributed by atoms with van der Waals surface area (Å²) in [5.41, 5.74) is 3.09. The van der Waals surface area contributed by atoms with Gasteiger partial charge in [-0.15, -0.1) is 11.3 Å². The minimum Gasteiger partial charge on any atom is -0.339 e. The minimum atomic E-state index is -0.0509. The van der Waals surface area contributed by atoms with Gasteiger partial charge in [-0.05, 0) is 55.9 Å². The zero-order valence-electron chi connectivity index (χ0n) is 16.2. The van der Waals surface area contributed by atoms with Gasteiger partial charge in [0.1, 0.15) is 0 Å². The van der Waals surface area contributed by atoms with Crippen LogP contribution >= 0.6 is 11.3 Å². The summed E-state index contributed by atoms with van der Waals surface area (Å²) in [5.74, 6) is -0.0123. The van der Waals surface area contributed by atoms with Crippen LogP contribution in [0.2, 0.25) is 0 Å². The van der Waals surface area contributed by atoms with Gasteiger partial charge in [0.15, 0.2) is 0 Å². The number of fused-ring (bicyclic) bond motifs is 1. The molecule has 4 nitrogen and oxygen atoms in total. The molecule has 0 saturated heterocycles. The van der Waals surface area contributed by atoms with Crippen molar-refractivity contribution in [1.29, 1.82) is 0 Å². The molecule has 1 aromatic carbocycles. The molecule has 0 bridgehead atoms. The lowest BCUT2D eigenvalue weighted by molar-refractivity contribution is -0.129. The predicted molar refractivity (Wildman–Crippen MR) is 111 cm³/mol. The first-order valence-corrected chi connectivity index (χ1v) is 10.7. The van der Waals surface area contributed by atoms with Crippen LogP contribution in [0.4, 0.5) is 5.69 Å². The van der Waals surface area contributed by atoms with Crippen molar-refractivity contribution < 1.29 is 9.59 Å². The number of hydrogen-bond donors (Lipinski definition) is 1. The van der Waals surface area contributed by atoms with Crippen molar-refractivity contribution >= 4 is 28.8 Å². The van der Waals surface area contributed by atoms with E-state index in [1.165, 1.54) is 36.1 Å². The van der Waals surface area contributed by atoms with Gasteiger partial charge in [-0.1, -0.05) is 31.0 Å². The van der Waals surface area contributed by atoms with Gasteiger partial charge in [0.05, 0.1) is 4.88 Å². The molecular formula is C22H28N2O2S. The summed E-state index contributed by atoms with van der Waals surface area (Å²) in [5, 5.41) is 3.07. The Hall–Kier alpha value is -2.14. The highest BCUT2D eigenvalue weighted by atomic mass is 32.1. The highest BCUT2D eigenvalue weighted by molar-refractivity contribution is 7.14. The van der Waals surface area contributed by atoms with Crippen molar-refractivity contribution in [2.45, 2.75) is 58.9 Å². The summed E-state index contributed by atoms with van der Waals surface area (Å²) in [6.45, 7) is 4.69. The number of nitrogens with zero attached hydrogens (tertiary/aromatic N) is 1. The van der Waals surface area contributed by atoms with Crippen molar-refractivity contribution in [1.82, 2.24) is 4.90 Å². The van der Waals surface area contributed by atoms with Gasteiger partial charge in [0, 0.05) is 30.6 Å². The van der Waals surface area contributed by atoms with Crippen molar-refractivity contribution in [3.8, 4) is 0 Å². The molecule has 2 amide bonds. The van der Waals surface area contributed by atoms with Gasteiger partial charge in [-0.3, -0.25) is 9.59 Å². The number of thiophene rings is 1. The van der Waals surface area contributed by atoms with E-state index >= 15 is 0 Å². The van der Waals surface area contributed by atoms with E-state index in [-0.39, 0.29) is 11.8 Å². The largest absolute Gasteiger partial charge is 0.339 e. The van der Waals surface area contributed by atoms with E-state index in [1.54, 1.807) is 23.2 Å². The van der Waals surface area contributed by atoms with Crippen molar-refractivity contribution in [2.75, 3.05) is 11.9 Å². The number of benzene rings is 1. The van der Waals surface area contributed by atoms with Crippen LogP contribution in [0.25, 0.3) is 0 Å². The van der Waals surface area contributed by atoms with Crippen molar-refractivity contribution in [2.24, 2.45) is 0 Å². The number of aryl methyl sites for hydroxylation is 2. The molecule has 0 fully saturated rings. The summed E-state index contributed by atoms with van der Waals surface area (Å²) in [6, 6.07) is 9.81. The van der Waals surface area contributed by atoms with Crippen LogP contribution in [0.5, 0.6) is 0 Å². The average Bonchev–Trinajstić information content (AvgIpc) is 3.02. The number of para-hydroxylation sites is 1. The van der Waals surface area contributed by atoms with E-state index in [1.807, 2.05) is 31.2 Å². The van der Waals surface area contributed by atoms with E-state index in [4.69, 9.17) is 0 Å². The van der Waals surface area contributed by atoms with E-state index in [0.29, 0.717) is 13.1 Å². The fourth-order valence-electron chi connectivity index (χ4n) is 3.57. The Morgan fingerprint density at radius 3 is 2.59 bits per heavy atom. The fourth-order valence-corrected chi connectivity index (χ4v) is 4.72. The molecule has 0 atom stereocenters. The summed E-state index contributed by atoms with van der Waals surface area (Å²) in [7, 11) is 0. The molecule has 27 heavy (non-hydrogen) atoms. The number of nitrogens with one attached hydrogen (secondary N) is 1. The molecule has 1 aromatic heterocycles. The number of hydrogen-bond acceptors (Lipinski definition) is 3. The minimum absolute atomic E-state index is 0.0386. The maximum absolute atomic E-state index is 12.9. The Kier molecular flexibility index (Phi) is 6.67. The molecule has 5 heteroatoms. The highest BCUT2D eigenvalue weighted by Gasteiger charge is 2.17. The quantitative estimate of drug-likeness (QED) is 0.786. The molecule has 2 aromatic rings. The van der Waals surface area contributed by atoms with Crippen LogP contribution < -0.4 is 5.32 Å². The van der Waals surface area contributed by atoms with Gasteiger partial charge >= 0.3 is 0 Å². The zero-order valence-corrected chi connectivity index (χ0v) is 17.0. The molecule has 0 saturated carbocycles. The standard InChI is InChI=1S/C22H28N2O2S/c1-3-24(16(2)25)15-18-11-8-9-12-19(18)23-22(26)21-14-17-10-6-4-5-7-13-20(17)27-21/h8-9,11-12,14H,3-7,10,13,15H2,1-2H3,(H,23,26). The second-order valence-electron chi connectivity index (χ2n) is 7.12. The average molecular weight is 385 g/mol. The summed E-state index contributed by atoms with van der Waals surface area (Å²) in [6.07, 6.45) is 7.18. The van der Waals surface area contributed by atoms with E-state index < -0.39 is 0 Å². The molecular weight excluding hydrogens is 356 g/mol. The summed E-state index contributed by atoms with van der Waals surface area (Å²) < 4.78 is 0. The van der Waals surface area contributed by atoms with Gasteiger partial charge in [0.2, 0.25) is 5.91 Å². The van der Waals surface area contributed by atoms with Gasteiger partial charge < -0.3 is 10.2 Å². The predicted octanol–water partition coefficient (Wildman–Crippen LogP) is 5.03. The molecule has 1 aliphatic carbocycles. The lowest BCUT2D eigenvalue weighted by Crippen LogP contribution is -2.28. The zero-order chi connectivity index (χ0) is 19.2. The third-order valence-corrected chi connectivity index (χ3v) is 6.41. The van der Waals surface area contributed by atoms with Crippen LogP contribution in [0.15, 0.2) is 30.3 Å². The molecule has 0 aliphatic heterocycles. The monoisotopic (exact) mass is 384 g/mol. The Morgan fingerprint density at radius 2 is 1.85 bits per heavy atom. The first kappa shape index (κ1) is 19.6. The molecule has 1 aliphatic rings. The topological polar surface area (TPSA) is 49.4 Å². The number of carbonyl (C=O) groups is 2. The first-order chi connectivity index (χ1) is 13.1. The summed E-state index contributed by atoms with van der Waals surface area (Å²) >= 11 is 1.64. The van der Waals surface area contributed by atoms with E-state index in [0.717, 1.165) is 29.0 Å². The molecule has 0 radical (unpaired) electrons. The maximum Gasteiger partial charge on any atom is 0.265 e. The lowest BCUT2D eigenvalue weighted by Gasteiger charge is -2.20. The van der Waals surface area contributed by atoms with E-state index in [2.05, 4.69) is 11.4 Å². The van der Waals surface area contributed by atoms with Crippen molar-refractivity contribution in [3.05, 3.63) is 51.2 Å². The normalized spacial score (nSPS) is 14.0. The number of carbonyl (C=O) groups excluding carboxylic acids is 2. The van der Waals surface area contributed by atoms with E-state index in [9.17, 15) is 9.59 Å². The fraction of sp³-hybridized carbons (Fsp3) is 0.455. The number of anilines is 1. The van der Waals surface area contributed by atoms with Crippen LogP contribution in [0, 0.1) is 0 Å². The summed E-state index contributed by atoms with van der Waals surface area (Å²) in [4.78, 5) is 28.5. The molecule has 1 heterocycles. The second kappa shape index (κ2) is 9.18.